The molecule has 2 heterocycles. The van der Waals surface area contributed by atoms with Crippen molar-refractivity contribution in [2.45, 2.75) is 90.9 Å². The molecule has 0 amide bonds. The molecule has 0 fully saturated rings. The van der Waals surface area contributed by atoms with E-state index in [1.165, 1.54) is 98.0 Å². The highest BCUT2D eigenvalue weighted by molar-refractivity contribution is 7.25. The molecule has 0 radical (unpaired) electrons. The second kappa shape index (κ2) is 12.0. The smallest absolute Gasteiger partial charge is 0.139 e. The van der Waals surface area contributed by atoms with Crippen molar-refractivity contribution in [3.63, 3.8) is 0 Å². The first-order chi connectivity index (χ1) is 28.0. The van der Waals surface area contributed by atoms with Crippen LogP contribution in [0.4, 0.5) is 17.1 Å². The molecular formula is C56H51NOS. The molecule has 11 rings (SSSR count). The third kappa shape index (κ3) is 5.10. The number of hydrogen-bond acceptors (Lipinski definition) is 3. The van der Waals surface area contributed by atoms with E-state index in [0.29, 0.717) is 0 Å². The van der Waals surface area contributed by atoms with Gasteiger partial charge in [0.05, 0.1) is 5.69 Å². The Morgan fingerprint density at radius 1 is 0.508 bits per heavy atom. The minimum atomic E-state index is -0.227. The molecule has 0 atom stereocenters. The Bertz CT molecular complexity index is 3240. The van der Waals surface area contributed by atoms with Crippen molar-refractivity contribution >= 4 is 70.5 Å². The van der Waals surface area contributed by atoms with Gasteiger partial charge >= 0.3 is 0 Å². The van der Waals surface area contributed by atoms with E-state index >= 15 is 0 Å². The van der Waals surface area contributed by atoms with Crippen molar-refractivity contribution in [1.82, 2.24) is 0 Å². The van der Waals surface area contributed by atoms with E-state index in [1.54, 1.807) is 0 Å². The SMILES string of the molecule is CC(C)(C)c1cc(C(C)(C)C)c2oc3ccc4c(c3c2c1)-c1c(N(c2ccc3c(c2)C(C)(C)c2ccccc2-3)c2ccc3c(c2)sc2ccccc23)cccc1C4(C)C. The highest BCUT2D eigenvalue weighted by Crippen LogP contribution is 2.59. The van der Waals surface area contributed by atoms with Crippen molar-refractivity contribution in [3.8, 4) is 22.3 Å². The molecule has 59 heavy (non-hydrogen) atoms. The first-order valence-electron chi connectivity index (χ1n) is 21.2. The molecule has 7 aromatic carbocycles. The van der Waals surface area contributed by atoms with E-state index in [1.807, 2.05) is 11.3 Å². The van der Waals surface area contributed by atoms with E-state index in [2.05, 4.69) is 202 Å². The minimum absolute atomic E-state index is 0.0267. The Balaban J connectivity index is 1.23. The molecule has 0 N–H and O–H groups in total. The van der Waals surface area contributed by atoms with E-state index in [0.717, 1.165) is 16.9 Å². The summed E-state index contributed by atoms with van der Waals surface area (Å²) in [6.07, 6.45) is 0. The number of anilines is 3. The Morgan fingerprint density at radius 2 is 1.17 bits per heavy atom. The zero-order chi connectivity index (χ0) is 41.0. The summed E-state index contributed by atoms with van der Waals surface area (Å²) < 4.78 is 9.64. The van der Waals surface area contributed by atoms with Crippen LogP contribution in [0, 0.1) is 0 Å². The van der Waals surface area contributed by atoms with Crippen LogP contribution >= 0.6 is 11.3 Å². The largest absolute Gasteiger partial charge is 0.456 e. The maximum absolute atomic E-state index is 7.02. The lowest BCUT2D eigenvalue weighted by atomic mass is 9.79. The fourth-order valence-corrected chi connectivity index (χ4v) is 11.6. The third-order valence-corrected chi connectivity index (χ3v) is 14.9. The Morgan fingerprint density at radius 3 is 1.97 bits per heavy atom. The number of furan rings is 1. The van der Waals surface area contributed by atoms with E-state index in [-0.39, 0.29) is 21.7 Å². The Hall–Kier alpha value is -5.64. The van der Waals surface area contributed by atoms with Crippen molar-refractivity contribution in [3.05, 3.63) is 161 Å². The predicted octanol–water partition coefficient (Wildman–Crippen LogP) is 16.6. The highest BCUT2D eigenvalue weighted by Gasteiger charge is 2.41. The fourth-order valence-electron chi connectivity index (χ4n) is 10.5. The lowest BCUT2D eigenvalue weighted by Gasteiger charge is -2.30. The molecule has 0 saturated carbocycles. The molecule has 2 aliphatic rings. The highest BCUT2D eigenvalue weighted by atomic mass is 32.1. The van der Waals surface area contributed by atoms with Crippen LogP contribution in [-0.4, -0.2) is 0 Å². The summed E-state index contributed by atoms with van der Waals surface area (Å²) >= 11 is 1.88. The van der Waals surface area contributed by atoms with Crippen LogP contribution in [0.5, 0.6) is 0 Å². The van der Waals surface area contributed by atoms with Crippen molar-refractivity contribution < 1.29 is 4.42 Å². The van der Waals surface area contributed by atoms with Gasteiger partial charge < -0.3 is 9.32 Å². The van der Waals surface area contributed by atoms with Crippen LogP contribution in [0.1, 0.15) is 103 Å². The summed E-state index contributed by atoms with van der Waals surface area (Å²) in [7, 11) is 0. The minimum Gasteiger partial charge on any atom is -0.456 e. The van der Waals surface area contributed by atoms with Gasteiger partial charge in [0, 0.05) is 64.3 Å². The number of hydrogen-bond donors (Lipinski definition) is 0. The molecule has 0 aliphatic heterocycles. The van der Waals surface area contributed by atoms with Gasteiger partial charge in [0.2, 0.25) is 0 Å². The summed E-state index contributed by atoms with van der Waals surface area (Å²) in [6.45, 7) is 23.5. The second-order valence-electron chi connectivity index (χ2n) is 20.2. The van der Waals surface area contributed by atoms with Crippen LogP contribution < -0.4 is 4.90 Å². The average Bonchev–Trinajstić information content (AvgIpc) is 3.89. The predicted molar refractivity (Wildman–Crippen MR) is 254 cm³/mol. The monoisotopic (exact) mass is 785 g/mol. The van der Waals surface area contributed by atoms with Crippen molar-refractivity contribution in [2.75, 3.05) is 4.90 Å². The zero-order valence-corrected chi connectivity index (χ0v) is 36.7. The fraction of sp³-hybridized carbons (Fsp3) is 0.250. The lowest BCUT2D eigenvalue weighted by molar-refractivity contribution is 0.559. The van der Waals surface area contributed by atoms with Gasteiger partial charge in [-0.05, 0) is 104 Å². The number of thiophene rings is 1. The van der Waals surface area contributed by atoms with Crippen molar-refractivity contribution in [2.24, 2.45) is 0 Å². The third-order valence-electron chi connectivity index (χ3n) is 13.7. The van der Waals surface area contributed by atoms with Crippen LogP contribution in [0.3, 0.4) is 0 Å². The molecule has 2 aromatic heterocycles. The molecule has 2 aliphatic carbocycles. The molecule has 0 saturated heterocycles. The van der Waals surface area contributed by atoms with Gasteiger partial charge in [-0.1, -0.05) is 148 Å². The van der Waals surface area contributed by atoms with Crippen LogP contribution in [-0.2, 0) is 21.7 Å². The molecule has 2 nitrogen and oxygen atoms in total. The maximum Gasteiger partial charge on any atom is 0.139 e. The van der Waals surface area contributed by atoms with Gasteiger partial charge in [0.25, 0.3) is 0 Å². The van der Waals surface area contributed by atoms with E-state index < -0.39 is 0 Å². The molecule has 9 aromatic rings. The topological polar surface area (TPSA) is 16.4 Å². The summed E-state index contributed by atoms with van der Waals surface area (Å²) in [5.41, 5.74) is 18.3. The average molecular weight is 786 g/mol. The van der Waals surface area contributed by atoms with Gasteiger partial charge in [-0.3, -0.25) is 0 Å². The van der Waals surface area contributed by atoms with Crippen LogP contribution in [0.25, 0.3) is 64.4 Å². The standard InChI is InChI=1S/C56H51NOS/c1-53(2,3)32-28-39-49-46(58-52(39)44(29-32)54(4,5)6)27-26-42-51(49)50-41(56(42,9)10)19-15-20-45(50)57(34-23-25-38-37-17-12-14-21-47(37)59-48(38)31-34)33-22-24-36-35-16-11-13-18-40(35)55(7,8)43(36)30-33/h11-31H,1-10H3. The number of benzene rings is 7. The second-order valence-corrected chi connectivity index (χ2v) is 21.3. The normalized spacial score (nSPS) is 15.2. The van der Waals surface area contributed by atoms with Gasteiger partial charge in [-0.25, -0.2) is 0 Å². The van der Waals surface area contributed by atoms with Gasteiger partial charge in [-0.2, -0.15) is 0 Å². The summed E-state index contributed by atoms with van der Waals surface area (Å²) in [5.74, 6) is 0. The van der Waals surface area contributed by atoms with Gasteiger partial charge in [0.15, 0.2) is 0 Å². The van der Waals surface area contributed by atoms with Gasteiger partial charge in [-0.15, -0.1) is 11.3 Å². The van der Waals surface area contributed by atoms with Crippen LogP contribution in [0.15, 0.2) is 132 Å². The molecular weight excluding hydrogens is 735 g/mol. The van der Waals surface area contributed by atoms with Crippen LogP contribution in [0.2, 0.25) is 0 Å². The molecule has 0 bridgehead atoms. The quantitative estimate of drug-likeness (QED) is 0.177. The Kier molecular flexibility index (Phi) is 7.40. The molecule has 292 valence electrons. The number of rotatable bonds is 3. The first-order valence-corrected chi connectivity index (χ1v) is 22.0. The van der Waals surface area contributed by atoms with E-state index in [9.17, 15) is 0 Å². The number of fused-ring (bicyclic) bond motifs is 13. The molecule has 3 heteroatoms. The van der Waals surface area contributed by atoms with Crippen molar-refractivity contribution in [1.29, 1.82) is 0 Å². The van der Waals surface area contributed by atoms with Gasteiger partial charge in [0.1, 0.15) is 11.2 Å². The molecule has 0 unspecified atom stereocenters. The first kappa shape index (κ1) is 36.4. The zero-order valence-electron chi connectivity index (χ0n) is 35.9. The maximum atomic E-state index is 7.02. The summed E-state index contributed by atoms with van der Waals surface area (Å²) in [4.78, 5) is 2.55. The summed E-state index contributed by atoms with van der Waals surface area (Å²) in [5, 5.41) is 5.06. The van der Waals surface area contributed by atoms with E-state index in [4.69, 9.17) is 4.42 Å². The summed E-state index contributed by atoms with van der Waals surface area (Å²) in [6, 6.07) is 48.5. The lowest BCUT2D eigenvalue weighted by Crippen LogP contribution is -2.17. The molecule has 0 spiro atoms. The Labute approximate surface area is 352 Å². The number of nitrogens with zero attached hydrogens (tertiary/aromatic N) is 1.